The number of aliphatic hydroxyl groups is 3. The average molecular weight is 331 g/mol. The van der Waals surface area contributed by atoms with Crippen molar-refractivity contribution < 1.29 is 29.5 Å². The van der Waals surface area contributed by atoms with Gasteiger partial charge in [-0.05, 0) is 6.92 Å². The molecule has 1 aromatic rings. The largest absolute Gasteiger partial charge is 0.394 e. The van der Waals surface area contributed by atoms with E-state index < -0.39 is 36.5 Å². The summed E-state index contributed by atoms with van der Waals surface area (Å²) in [6.07, 6.45) is -2.76. The van der Waals surface area contributed by atoms with Crippen LogP contribution in [-0.2, 0) is 14.2 Å². The number of nitrogens with zero attached hydrogens (tertiary/aromatic N) is 2. The molecule has 4 atom stereocenters. The Morgan fingerprint density at radius 2 is 2.22 bits per heavy atom. The molecule has 0 aliphatic carbocycles. The van der Waals surface area contributed by atoms with Crippen LogP contribution in [-0.4, -0.2) is 69.8 Å². The monoisotopic (exact) mass is 331 g/mol. The van der Waals surface area contributed by atoms with Crippen molar-refractivity contribution >= 4 is 5.82 Å². The van der Waals surface area contributed by atoms with Crippen LogP contribution in [0.1, 0.15) is 11.8 Å². The Labute approximate surface area is 132 Å². The highest BCUT2D eigenvalue weighted by Gasteiger charge is 2.58. The minimum atomic E-state index is -2.25. The smallest absolute Gasteiger partial charge is 0.351 e. The maximum atomic E-state index is 12.1. The van der Waals surface area contributed by atoms with E-state index in [-0.39, 0.29) is 19.0 Å². The third-order valence-electron chi connectivity index (χ3n) is 3.66. The van der Waals surface area contributed by atoms with Crippen LogP contribution in [0, 0.1) is 6.92 Å². The Bertz CT molecular complexity index is 608. The van der Waals surface area contributed by atoms with Gasteiger partial charge in [0.15, 0.2) is 6.23 Å². The fraction of sp³-hybridized carbons (Fsp3) is 0.692. The number of ether oxygens (including phenoxy) is 3. The molecule has 10 heteroatoms. The van der Waals surface area contributed by atoms with E-state index in [1.807, 2.05) is 0 Å². The lowest BCUT2D eigenvalue weighted by Gasteiger charge is -2.31. The molecule has 0 aromatic carbocycles. The summed E-state index contributed by atoms with van der Waals surface area (Å²) in [5.41, 5.74) is 5.27. The first-order valence-corrected chi connectivity index (χ1v) is 7.00. The van der Waals surface area contributed by atoms with Crippen molar-refractivity contribution in [1.82, 2.24) is 9.55 Å². The Morgan fingerprint density at radius 1 is 1.52 bits per heavy atom. The van der Waals surface area contributed by atoms with Gasteiger partial charge in [0.1, 0.15) is 18.0 Å². The first kappa shape index (κ1) is 17.8. The first-order valence-electron chi connectivity index (χ1n) is 7.00. The van der Waals surface area contributed by atoms with Gasteiger partial charge >= 0.3 is 5.69 Å². The van der Waals surface area contributed by atoms with Gasteiger partial charge in [-0.25, -0.2) is 4.79 Å². The first-order chi connectivity index (χ1) is 10.8. The number of methoxy groups -OCH3 is 1. The van der Waals surface area contributed by atoms with Crippen molar-refractivity contribution in [3.05, 3.63) is 22.2 Å². The maximum Gasteiger partial charge on any atom is 0.351 e. The van der Waals surface area contributed by atoms with Crippen LogP contribution in [0.4, 0.5) is 5.82 Å². The van der Waals surface area contributed by atoms with E-state index in [2.05, 4.69) is 4.98 Å². The summed E-state index contributed by atoms with van der Waals surface area (Å²) in [5, 5.41) is 30.2. The normalized spacial score (nSPS) is 30.7. The molecule has 0 spiro atoms. The topological polar surface area (TPSA) is 149 Å². The quantitative estimate of drug-likeness (QED) is 0.334. The Morgan fingerprint density at radius 3 is 2.83 bits per heavy atom. The highest BCUT2D eigenvalue weighted by atomic mass is 16.7. The third kappa shape index (κ3) is 3.22. The lowest BCUT2D eigenvalue weighted by molar-refractivity contribution is -0.281. The molecule has 0 radical (unpaired) electrons. The van der Waals surface area contributed by atoms with E-state index in [0.717, 1.165) is 4.57 Å². The molecule has 1 aliphatic heterocycles. The van der Waals surface area contributed by atoms with Crippen LogP contribution >= 0.6 is 0 Å². The SMILES string of the molecule is COCCO[C@@]1(O)[C@H](O)[C@@H](CO)O[C@H]1n1cc(C)c(N)nc1=O. The predicted octanol–water partition coefficient (Wildman–Crippen LogP) is -2.26. The van der Waals surface area contributed by atoms with Crippen LogP contribution < -0.4 is 11.4 Å². The third-order valence-corrected chi connectivity index (χ3v) is 3.66. The summed E-state index contributed by atoms with van der Waals surface area (Å²) in [6, 6.07) is 0. The van der Waals surface area contributed by atoms with Crippen molar-refractivity contribution in [3.8, 4) is 0 Å². The Balaban J connectivity index is 2.41. The summed E-state index contributed by atoms with van der Waals surface area (Å²) in [5.74, 6) is -2.20. The molecule has 0 unspecified atom stereocenters. The summed E-state index contributed by atoms with van der Waals surface area (Å²) in [6.45, 7) is 1.15. The molecule has 1 aliphatic rings. The van der Waals surface area contributed by atoms with Gasteiger partial charge in [-0.3, -0.25) is 4.57 Å². The zero-order valence-electron chi connectivity index (χ0n) is 12.9. The fourth-order valence-corrected chi connectivity index (χ4v) is 2.35. The molecule has 2 rings (SSSR count). The minimum Gasteiger partial charge on any atom is -0.394 e. The van der Waals surface area contributed by atoms with Gasteiger partial charge < -0.3 is 35.3 Å². The van der Waals surface area contributed by atoms with Crippen molar-refractivity contribution in [1.29, 1.82) is 0 Å². The van der Waals surface area contributed by atoms with Crippen LogP contribution in [0.2, 0.25) is 0 Å². The minimum absolute atomic E-state index is 0.0485. The summed E-state index contributed by atoms with van der Waals surface area (Å²) in [7, 11) is 1.45. The van der Waals surface area contributed by atoms with Crippen molar-refractivity contribution in [2.24, 2.45) is 0 Å². The van der Waals surface area contributed by atoms with Gasteiger partial charge in [-0.15, -0.1) is 0 Å². The van der Waals surface area contributed by atoms with E-state index in [1.54, 1.807) is 6.92 Å². The van der Waals surface area contributed by atoms with E-state index in [0.29, 0.717) is 5.56 Å². The fourth-order valence-electron chi connectivity index (χ4n) is 2.35. The molecule has 1 saturated heterocycles. The van der Waals surface area contributed by atoms with Crippen LogP contribution in [0.15, 0.2) is 11.0 Å². The van der Waals surface area contributed by atoms with E-state index >= 15 is 0 Å². The number of anilines is 1. The van der Waals surface area contributed by atoms with Crippen molar-refractivity contribution in [2.45, 2.75) is 31.1 Å². The molecule has 1 fully saturated rings. The Hall–Kier alpha value is -1.56. The van der Waals surface area contributed by atoms with Gasteiger partial charge in [-0.1, -0.05) is 0 Å². The second-order valence-corrected chi connectivity index (χ2v) is 5.25. The number of hydrogen-bond acceptors (Lipinski definition) is 9. The van der Waals surface area contributed by atoms with Crippen LogP contribution in [0.5, 0.6) is 0 Å². The van der Waals surface area contributed by atoms with E-state index in [4.69, 9.17) is 19.9 Å². The molecule has 10 nitrogen and oxygen atoms in total. The second kappa shape index (κ2) is 6.91. The zero-order chi connectivity index (χ0) is 17.2. The summed E-state index contributed by atoms with van der Waals surface area (Å²) < 4.78 is 16.5. The standard InChI is InChI=1S/C13H21N3O7/c1-7-5-16(12(19)15-10(7)14)11-13(20,22-4-3-21-2)9(18)8(6-17)23-11/h5,8-9,11,17-18,20H,3-4,6H2,1-2H3,(H2,14,15,19)/t8-,9-,11-,13+/m1/s1. The predicted molar refractivity (Wildman–Crippen MR) is 77.4 cm³/mol. The van der Waals surface area contributed by atoms with Gasteiger partial charge in [-0.2, -0.15) is 4.98 Å². The Kier molecular flexibility index (Phi) is 5.34. The molecular weight excluding hydrogens is 310 g/mol. The number of aromatic nitrogens is 2. The number of aliphatic hydroxyl groups excluding tert-OH is 2. The lowest BCUT2D eigenvalue weighted by atomic mass is 10.1. The van der Waals surface area contributed by atoms with Gasteiger partial charge in [0.05, 0.1) is 19.8 Å². The highest BCUT2D eigenvalue weighted by molar-refractivity contribution is 5.35. The molecule has 0 saturated carbocycles. The van der Waals surface area contributed by atoms with E-state index in [9.17, 15) is 20.1 Å². The number of aryl methyl sites for hydroxylation is 1. The molecule has 130 valence electrons. The lowest BCUT2D eigenvalue weighted by Crippen LogP contribution is -2.51. The van der Waals surface area contributed by atoms with Gasteiger partial charge in [0, 0.05) is 18.9 Å². The zero-order valence-corrected chi connectivity index (χ0v) is 12.9. The van der Waals surface area contributed by atoms with E-state index in [1.165, 1.54) is 13.3 Å². The molecule has 1 aromatic heterocycles. The molecule has 0 amide bonds. The maximum absolute atomic E-state index is 12.1. The molecular formula is C13H21N3O7. The van der Waals surface area contributed by atoms with Crippen molar-refractivity contribution in [2.75, 3.05) is 32.7 Å². The number of nitrogen functional groups attached to an aromatic ring is 1. The molecule has 23 heavy (non-hydrogen) atoms. The summed E-state index contributed by atoms with van der Waals surface area (Å²) >= 11 is 0. The molecule has 2 heterocycles. The average Bonchev–Trinajstić information content (AvgIpc) is 2.76. The molecule has 5 N–H and O–H groups in total. The number of nitrogens with two attached hydrogens (primary N) is 1. The van der Waals surface area contributed by atoms with Gasteiger partial charge in [0.25, 0.3) is 0 Å². The highest BCUT2D eigenvalue weighted by Crippen LogP contribution is 2.38. The van der Waals surface area contributed by atoms with Gasteiger partial charge in [0.2, 0.25) is 5.79 Å². The molecule has 0 bridgehead atoms. The number of rotatable bonds is 6. The number of hydrogen-bond donors (Lipinski definition) is 4. The van der Waals surface area contributed by atoms with Crippen LogP contribution in [0.25, 0.3) is 0 Å². The summed E-state index contributed by atoms with van der Waals surface area (Å²) in [4.78, 5) is 15.7. The second-order valence-electron chi connectivity index (χ2n) is 5.25. The van der Waals surface area contributed by atoms with Crippen LogP contribution in [0.3, 0.4) is 0 Å². The van der Waals surface area contributed by atoms with Crippen molar-refractivity contribution in [3.63, 3.8) is 0 Å².